The van der Waals surface area contributed by atoms with Gasteiger partial charge in [-0.2, -0.15) is 5.26 Å². The maximum atomic E-state index is 9.02. The maximum absolute atomic E-state index is 9.02. The van der Waals surface area contributed by atoms with Crippen LogP contribution in [0.2, 0.25) is 16.6 Å². The Morgan fingerprint density at radius 2 is 1.59 bits per heavy atom. The predicted octanol–water partition coefficient (Wildman–Crippen LogP) is 6.23. The monoisotopic (exact) mass is 347 g/mol. The molecule has 0 aliphatic carbocycles. The Balaban J connectivity index is 2.50. The molecule has 2 heterocycles. The number of hydrogen-bond donors (Lipinski definition) is 0. The first-order valence-corrected chi connectivity index (χ1v) is 11.9. The Kier molecular flexibility index (Phi) is 5.32. The van der Waals surface area contributed by atoms with E-state index in [1.165, 1.54) is 21.8 Å². The summed E-state index contributed by atoms with van der Waals surface area (Å²) in [6, 6.07) is 8.89. The van der Waals surface area contributed by atoms with E-state index in [4.69, 9.17) is 5.26 Å². The first kappa shape index (κ1) is 17.5. The number of nitriles is 1. The quantitative estimate of drug-likeness (QED) is 0.588. The topological polar surface area (TPSA) is 23.8 Å². The van der Waals surface area contributed by atoms with Gasteiger partial charge in [0.1, 0.15) is 19.0 Å². The minimum absolute atomic E-state index is 0.733. The van der Waals surface area contributed by atoms with Gasteiger partial charge in [0, 0.05) is 15.8 Å². The summed E-state index contributed by atoms with van der Waals surface area (Å²) in [4.78, 5) is 2.11. The van der Waals surface area contributed by atoms with Crippen LogP contribution >= 0.6 is 22.7 Å². The van der Waals surface area contributed by atoms with Crippen molar-refractivity contribution in [1.29, 1.82) is 5.26 Å². The molecule has 0 fully saturated rings. The molecule has 0 atom stereocenters. The first-order valence-electron chi connectivity index (χ1n) is 7.93. The van der Waals surface area contributed by atoms with Gasteiger partial charge >= 0.3 is 0 Å². The average Bonchev–Trinajstić information content (AvgIpc) is 3.06. The Bertz CT molecular complexity index is 652. The van der Waals surface area contributed by atoms with Gasteiger partial charge in [-0.05, 0) is 33.3 Å². The molecule has 0 spiro atoms. The van der Waals surface area contributed by atoms with Crippen LogP contribution in [0.4, 0.5) is 0 Å². The zero-order valence-corrected chi connectivity index (χ0v) is 16.9. The van der Waals surface area contributed by atoms with Crippen molar-refractivity contribution in [3.63, 3.8) is 0 Å². The van der Waals surface area contributed by atoms with E-state index in [9.17, 15) is 0 Å². The summed E-state index contributed by atoms with van der Waals surface area (Å²) in [6.45, 7) is 14.4. The van der Waals surface area contributed by atoms with E-state index in [0.29, 0.717) is 0 Å². The van der Waals surface area contributed by atoms with E-state index in [1.54, 1.807) is 4.50 Å². The highest BCUT2D eigenvalue weighted by Crippen LogP contribution is 2.43. The molecule has 0 saturated carbocycles. The van der Waals surface area contributed by atoms with E-state index < -0.39 is 8.07 Å². The molecule has 2 aromatic heterocycles. The Labute approximate surface area is 143 Å². The second-order valence-electron chi connectivity index (χ2n) is 6.87. The third-order valence-corrected chi connectivity index (χ3v) is 14.8. The van der Waals surface area contributed by atoms with E-state index in [1.807, 2.05) is 17.4 Å². The fourth-order valence-electron chi connectivity index (χ4n) is 4.10. The van der Waals surface area contributed by atoms with Crippen LogP contribution in [0.3, 0.4) is 0 Å². The molecular weight excluding hydrogens is 322 g/mol. The maximum Gasteiger partial charge on any atom is 0.110 e. The highest BCUT2D eigenvalue weighted by molar-refractivity contribution is 7.30. The van der Waals surface area contributed by atoms with Crippen molar-refractivity contribution in [3.05, 3.63) is 28.5 Å². The van der Waals surface area contributed by atoms with Gasteiger partial charge in [-0.3, -0.25) is 0 Å². The molecule has 118 valence electrons. The molecule has 1 nitrogen and oxygen atoms in total. The number of nitrogens with zero attached hydrogens (tertiary/aromatic N) is 1. The lowest BCUT2D eigenvalue weighted by Crippen LogP contribution is -2.54. The SMILES string of the molecule is CC(C)[Si](c1ccc(-c2csc(C#N)c2)s1)(C(C)C)C(C)C. The predicted molar refractivity (Wildman–Crippen MR) is 103 cm³/mol. The zero-order chi connectivity index (χ0) is 16.5. The largest absolute Gasteiger partial charge is 0.192 e. The third kappa shape index (κ3) is 2.82. The summed E-state index contributed by atoms with van der Waals surface area (Å²) in [7, 11) is -1.56. The van der Waals surface area contributed by atoms with Gasteiger partial charge in [-0.25, -0.2) is 0 Å². The van der Waals surface area contributed by atoms with Crippen molar-refractivity contribution in [2.24, 2.45) is 0 Å². The van der Waals surface area contributed by atoms with Gasteiger partial charge < -0.3 is 0 Å². The van der Waals surface area contributed by atoms with Gasteiger partial charge in [0.15, 0.2) is 0 Å². The van der Waals surface area contributed by atoms with Crippen LogP contribution in [0.5, 0.6) is 0 Å². The molecule has 0 bridgehead atoms. The van der Waals surface area contributed by atoms with Crippen LogP contribution in [0.25, 0.3) is 10.4 Å². The standard InChI is InChI=1S/C18H25NS2Si/c1-12(2)22(13(3)4,14(5)6)18-8-7-17(21-18)15-9-16(10-19)20-11-15/h7-9,11-14H,1-6H3. The number of rotatable bonds is 5. The van der Waals surface area contributed by atoms with Crippen LogP contribution in [-0.4, -0.2) is 8.07 Å². The molecule has 0 radical (unpaired) electrons. The molecule has 0 aromatic carbocycles. The molecular formula is C18H25NS2Si. The summed E-state index contributed by atoms with van der Waals surface area (Å²) >= 11 is 3.50. The normalized spacial score (nSPS) is 12.4. The molecule has 0 aliphatic rings. The summed E-state index contributed by atoms with van der Waals surface area (Å²) in [6.07, 6.45) is 0. The lowest BCUT2D eigenvalue weighted by Gasteiger charge is -2.42. The number of hydrogen-bond acceptors (Lipinski definition) is 3. The van der Waals surface area contributed by atoms with Crippen LogP contribution < -0.4 is 4.50 Å². The molecule has 0 saturated heterocycles. The van der Waals surface area contributed by atoms with Crippen LogP contribution in [0.1, 0.15) is 46.4 Å². The minimum Gasteiger partial charge on any atom is -0.192 e. The fourth-order valence-corrected chi connectivity index (χ4v) is 14.9. The van der Waals surface area contributed by atoms with Crippen LogP contribution in [0, 0.1) is 11.3 Å². The highest BCUT2D eigenvalue weighted by atomic mass is 32.1. The van der Waals surface area contributed by atoms with E-state index in [0.717, 1.165) is 21.5 Å². The molecule has 0 unspecified atom stereocenters. The smallest absolute Gasteiger partial charge is 0.110 e. The summed E-state index contributed by atoms with van der Waals surface area (Å²) in [5.74, 6) is 0. The third-order valence-electron chi connectivity index (χ3n) is 4.89. The van der Waals surface area contributed by atoms with Crippen LogP contribution in [0.15, 0.2) is 23.6 Å². The Morgan fingerprint density at radius 3 is 2.05 bits per heavy atom. The number of thiophene rings is 2. The zero-order valence-electron chi connectivity index (χ0n) is 14.3. The second kappa shape index (κ2) is 6.70. The highest BCUT2D eigenvalue weighted by Gasteiger charge is 2.45. The summed E-state index contributed by atoms with van der Waals surface area (Å²) < 4.78 is 1.62. The van der Waals surface area contributed by atoms with Crippen molar-refractivity contribution in [2.75, 3.05) is 0 Å². The molecule has 0 aliphatic heterocycles. The van der Waals surface area contributed by atoms with Gasteiger partial charge in [0.25, 0.3) is 0 Å². The van der Waals surface area contributed by atoms with Gasteiger partial charge in [0.2, 0.25) is 0 Å². The Hall–Kier alpha value is -0.893. The molecule has 2 aromatic rings. The van der Waals surface area contributed by atoms with Gasteiger partial charge in [0.05, 0.1) is 0 Å². The van der Waals surface area contributed by atoms with E-state index in [2.05, 4.69) is 65.1 Å². The lowest BCUT2D eigenvalue weighted by molar-refractivity contribution is 0.837. The molecule has 22 heavy (non-hydrogen) atoms. The molecule has 0 N–H and O–H groups in total. The lowest BCUT2D eigenvalue weighted by atomic mass is 10.3. The minimum atomic E-state index is -1.56. The van der Waals surface area contributed by atoms with Gasteiger partial charge in [-0.1, -0.05) is 47.6 Å². The summed E-state index contributed by atoms with van der Waals surface area (Å²) in [5.41, 5.74) is 3.40. The van der Waals surface area contributed by atoms with Crippen molar-refractivity contribution in [1.82, 2.24) is 0 Å². The molecule has 4 heteroatoms. The van der Waals surface area contributed by atoms with E-state index >= 15 is 0 Å². The van der Waals surface area contributed by atoms with Crippen molar-refractivity contribution in [3.8, 4) is 16.5 Å². The first-order chi connectivity index (χ1) is 10.3. The van der Waals surface area contributed by atoms with Crippen LogP contribution in [-0.2, 0) is 0 Å². The Morgan fingerprint density at radius 1 is 1.00 bits per heavy atom. The van der Waals surface area contributed by atoms with Crippen molar-refractivity contribution < 1.29 is 0 Å². The fraction of sp³-hybridized carbons (Fsp3) is 0.500. The van der Waals surface area contributed by atoms with Gasteiger partial charge in [-0.15, -0.1) is 22.7 Å². The van der Waals surface area contributed by atoms with E-state index in [-0.39, 0.29) is 0 Å². The van der Waals surface area contributed by atoms with Crippen molar-refractivity contribution >= 4 is 35.2 Å². The molecule has 0 amide bonds. The van der Waals surface area contributed by atoms with Crippen molar-refractivity contribution in [2.45, 2.75) is 58.2 Å². The molecule has 2 rings (SSSR count). The second-order valence-corrected chi connectivity index (χ2v) is 15.1. The average molecular weight is 348 g/mol. The summed E-state index contributed by atoms with van der Waals surface area (Å²) in [5, 5.41) is 11.1.